The van der Waals surface area contributed by atoms with Crippen molar-refractivity contribution in [3.63, 3.8) is 0 Å². The fourth-order valence-electron chi connectivity index (χ4n) is 6.23. The van der Waals surface area contributed by atoms with E-state index in [1.54, 1.807) is 12.4 Å². The van der Waals surface area contributed by atoms with Gasteiger partial charge in [-0.25, -0.2) is 15.0 Å². The lowest BCUT2D eigenvalue weighted by atomic mass is 9.72. The number of hydrogen-bond donors (Lipinski definition) is 2. The number of nitrogens with two attached hydrogens (primary N) is 1. The predicted octanol–water partition coefficient (Wildman–Crippen LogP) is 4.29. The van der Waals surface area contributed by atoms with Crippen molar-refractivity contribution < 1.29 is 4.55 Å². The molecule has 3 N–H and O–H groups in total. The summed E-state index contributed by atoms with van der Waals surface area (Å²) < 4.78 is 18.3. The first-order chi connectivity index (χ1) is 18.3. The van der Waals surface area contributed by atoms with Gasteiger partial charge in [-0.05, 0) is 45.2 Å². The average molecular weight is 567 g/mol. The summed E-state index contributed by atoms with van der Waals surface area (Å²) in [6.07, 6.45) is 12.0. The summed E-state index contributed by atoms with van der Waals surface area (Å²) in [7, 11) is 0. The summed E-state index contributed by atoms with van der Waals surface area (Å²) in [6.45, 7) is 5.79. The van der Waals surface area contributed by atoms with Gasteiger partial charge < -0.3 is 15.2 Å². The summed E-state index contributed by atoms with van der Waals surface area (Å²) in [5.74, 6) is 1.17. The van der Waals surface area contributed by atoms with Gasteiger partial charge >= 0.3 is 0 Å². The lowest BCUT2D eigenvalue weighted by Gasteiger charge is -2.46. The van der Waals surface area contributed by atoms with Crippen molar-refractivity contribution in [1.29, 1.82) is 0 Å². The van der Waals surface area contributed by atoms with Crippen LogP contribution < -0.4 is 15.4 Å². The van der Waals surface area contributed by atoms with Crippen LogP contribution in [0.1, 0.15) is 49.6 Å². The number of nitrogens with zero attached hydrogens (tertiary/aromatic N) is 6. The van der Waals surface area contributed by atoms with Crippen LogP contribution in [0.5, 0.6) is 0 Å². The Kier molecular flexibility index (Phi) is 5.61. The molecule has 9 nitrogen and oxygen atoms in total. The van der Waals surface area contributed by atoms with E-state index in [2.05, 4.69) is 39.5 Å². The lowest BCUT2D eigenvalue weighted by molar-refractivity contribution is 0.172. The lowest BCUT2D eigenvalue weighted by Crippen LogP contribution is -2.53. The van der Waals surface area contributed by atoms with Crippen molar-refractivity contribution in [2.45, 2.75) is 53.7 Å². The topological polar surface area (TPSA) is 120 Å². The van der Waals surface area contributed by atoms with Crippen LogP contribution in [-0.4, -0.2) is 42.0 Å². The Hall–Kier alpha value is -2.57. The number of hydrogen-bond acceptors (Lipinski definition) is 9. The first kappa shape index (κ1) is 24.5. The number of piperidine rings is 1. The minimum absolute atomic E-state index is 0.00400. The smallest absolute Gasteiger partial charge is 0.211 e. The quantitative estimate of drug-likeness (QED) is 0.350. The zero-order valence-electron chi connectivity index (χ0n) is 21.0. The Bertz CT molecular complexity index is 1570. The fraction of sp³-hybridized carbons (Fsp3) is 0.385. The molecule has 12 heteroatoms. The van der Waals surface area contributed by atoms with Crippen LogP contribution in [0.2, 0.25) is 5.02 Å². The Balaban J connectivity index is 1.16. The monoisotopic (exact) mass is 566 g/mol. The van der Waals surface area contributed by atoms with Gasteiger partial charge in [0.25, 0.3) is 0 Å². The molecule has 0 bridgehead atoms. The minimum Gasteiger partial charge on any atom is -0.597 e. The summed E-state index contributed by atoms with van der Waals surface area (Å²) >= 11 is 6.70. The number of halogens is 1. The molecule has 0 radical (unpaired) electrons. The largest absolute Gasteiger partial charge is 0.597 e. The molecule has 1 fully saturated rings. The Morgan fingerprint density at radius 2 is 1.89 bits per heavy atom. The van der Waals surface area contributed by atoms with Crippen molar-refractivity contribution in [3.8, 4) is 0 Å². The highest BCUT2D eigenvalue weighted by atomic mass is 35.5. The molecule has 7 rings (SSSR count). The van der Waals surface area contributed by atoms with Crippen LogP contribution in [0.15, 0.2) is 52.9 Å². The fourth-order valence-corrected chi connectivity index (χ4v) is 8.62. The normalized spacial score (nSPS) is 23.2. The Morgan fingerprint density at radius 3 is 2.71 bits per heavy atom. The molecule has 1 saturated heterocycles. The molecule has 4 aromatic rings. The second-order valence-corrected chi connectivity index (χ2v) is 14.0. The molecular weight excluding hydrogens is 540 g/mol. The van der Waals surface area contributed by atoms with Crippen molar-refractivity contribution >= 4 is 52.1 Å². The van der Waals surface area contributed by atoms with E-state index in [4.69, 9.17) is 27.3 Å². The van der Waals surface area contributed by atoms with Gasteiger partial charge in [0.2, 0.25) is 5.95 Å². The van der Waals surface area contributed by atoms with Gasteiger partial charge in [-0.2, -0.15) is 0 Å². The number of aromatic nitrogens is 5. The maximum Gasteiger partial charge on any atom is 0.211 e. The summed E-state index contributed by atoms with van der Waals surface area (Å²) in [5.41, 5.74) is 10.3. The van der Waals surface area contributed by atoms with Crippen molar-refractivity contribution in [2.75, 3.05) is 23.7 Å². The highest BCUT2D eigenvalue weighted by Crippen LogP contribution is 2.57. The third-order valence-electron chi connectivity index (χ3n) is 8.35. The van der Waals surface area contributed by atoms with E-state index >= 15 is 0 Å². The number of nitrogens with one attached hydrogen (secondary N) is 1. The molecule has 0 amide bonds. The third kappa shape index (κ3) is 3.56. The van der Waals surface area contributed by atoms with E-state index in [1.807, 2.05) is 29.1 Å². The molecule has 3 aliphatic rings. The molecule has 0 aromatic carbocycles. The van der Waals surface area contributed by atoms with E-state index in [1.165, 1.54) is 22.9 Å². The second kappa shape index (κ2) is 8.72. The molecule has 6 heterocycles. The molecule has 2 aliphatic heterocycles. The second-order valence-electron chi connectivity index (χ2n) is 10.7. The highest BCUT2D eigenvalue weighted by Gasteiger charge is 2.57. The number of anilines is 2. The Morgan fingerprint density at radius 1 is 1.11 bits per heavy atom. The maximum atomic E-state index is 13.2. The number of rotatable bonds is 3. The predicted molar refractivity (Wildman–Crippen MR) is 150 cm³/mol. The molecule has 196 valence electrons. The zero-order chi connectivity index (χ0) is 26.2. The van der Waals surface area contributed by atoms with Crippen LogP contribution in [0.3, 0.4) is 0 Å². The molecule has 0 saturated carbocycles. The standard InChI is InChI=1S/C26H27ClN8OS2/c1-25(2)15-3-7-29-16-13-26(21(19(15)16)33-38(25)36)5-10-34(11-6-26)24-32-14-18(23-31-9-12-35(23)24)37-17-4-8-30-22(28)20(17)27/h3-4,7-9,12,14,21,33H,5-6,10-11,13H2,1-2H3,(H2,28,30)/t21-,38-/m1/s1. The number of imidazole rings is 1. The van der Waals surface area contributed by atoms with Crippen LogP contribution in [0.25, 0.3) is 5.65 Å². The number of fused-ring (bicyclic) bond motifs is 2. The van der Waals surface area contributed by atoms with Gasteiger partial charge in [0.15, 0.2) is 10.4 Å². The number of pyridine rings is 2. The average Bonchev–Trinajstić information content (AvgIpc) is 3.51. The minimum atomic E-state index is -1.16. The molecule has 2 atom stereocenters. The number of nitrogen functional groups attached to an aromatic ring is 1. The van der Waals surface area contributed by atoms with Crippen molar-refractivity contribution in [1.82, 2.24) is 29.1 Å². The summed E-state index contributed by atoms with van der Waals surface area (Å²) in [4.78, 5) is 22.3. The maximum absolute atomic E-state index is 13.2. The third-order valence-corrected chi connectivity index (χ3v) is 11.5. The molecule has 1 aliphatic carbocycles. The highest BCUT2D eigenvalue weighted by molar-refractivity contribution is 7.99. The first-order valence-electron chi connectivity index (χ1n) is 12.6. The van der Waals surface area contributed by atoms with Gasteiger partial charge in [0.1, 0.15) is 5.82 Å². The van der Waals surface area contributed by atoms with Crippen LogP contribution in [0, 0.1) is 5.41 Å². The van der Waals surface area contributed by atoms with Crippen LogP contribution in [0.4, 0.5) is 11.8 Å². The van der Waals surface area contributed by atoms with E-state index in [0.29, 0.717) is 10.8 Å². The van der Waals surface area contributed by atoms with Gasteiger partial charge in [0.05, 0.1) is 16.0 Å². The Labute approximate surface area is 232 Å². The van der Waals surface area contributed by atoms with E-state index < -0.39 is 16.1 Å². The van der Waals surface area contributed by atoms with Gasteiger partial charge in [-0.3, -0.25) is 9.38 Å². The molecule has 0 unspecified atom stereocenters. The van der Waals surface area contributed by atoms with Crippen LogP contribution >= 0.6 is 23.4 Å². The van der Waals surface area contributed by atoms with Crippen LogP contribution in [-0.2, 0) is 22.5 Å². The van der Waals surface area contributed by atoms with Gasteiger partial charge in [-0.1, -0.05) is 23.4 Å². The first-order valence-corrected chi connectivity index (χ1v) is 14.9. The van der Waals surface area contributed by atoms with Gasteiger partial charge in [0, 0.05) is 82.6 Å². The van der Waals surface area contributed by atoms with E-state index in [0.717, 1.165) is 59.4 Å². The van der Waals surface area contributed by atoms with E-state index in [9.17, 15) is 4.55 Å². The molecule has 4 aromatic heterocycles. The summed E-state index contributed by atoms with van der Waals surface area (Å²) in [5, 5.41) is 0.434. The zero-order valence-corrected chi connectivity index (χ0v) is 23.4. The van der Waals surface area contributed by atoms with Gasteiger partial charge in [-0.15, -0.1) is 4.72 Å². The van der Waals surface area contributed by atoms with Crippen molar-refractivity contribution in [2.24, 2.45) is 5.41 Å². The van der Waals surface area contributed by atoms with E-state index in [-0.39, 0.29) is 11.5 Å². The molecular formula is C26H27ClN8OS2. The van der Waals surface area contributed by atoms with Crippen molar-refractivity contribution in [3.05, 3.63) is 65.0 Å². The summed E-state index contributed by atoms with van der Waals surface area (Å²) in [6, 6.07) is 3.97. The molecule has 38 heavy (non-hydrogen) atoms. The SMILES string of the molecule is CC1(C)c2ccnc3c2[C@@H](N[S@+]1[O-])C1(CCN(c2ncc(Sc4ccnc(N)c4Cl)c4nccn24)CC1)C3. The molecule has 1 spiro atoms.